The number of rotatable bonds is 6. The maximum absolute atomic E-state index is 10.4. The molecule has 0 saturated carbocycles. The van der Waals surface area contributed by atoms with Gasteiger partial charge in [0.2, 0.25) is 0 Å². The van der Waals surface area contributed by atoms with Crippen molar-refractivity contribution in [1.82, 2.24) is 4.90 Å². The molecule has 1 atom stereocenters. The fraction of sp³-hybridized carbons (Fsp3) is 0.455. The van der Waals surface area contributed by atoms with Gasteiger partial charge in [-0.05, 0) is 31.6 Å². The topological polar surface area (TPSA) is 214 Å². The molecule has 0 aromatic heterocycles. The van der Waals surface area contributed by atoms with Crippen molar-refractivity contribution in [2.24, 2.45) is 5.92 Å². The van der Waals surface area contributed by atoms with Crippen LogP contribution in [-0.2, 0) is 39.9 Å². The predicted octanol–water partition coefficient (Wildman–Crippen LogP) is 2.50. The monoisotopic (exact) mass is 556 g/mol. The molecule has 0 fully saturated rings. The van der Waals surface area contributed by atoms with E-state index < -0.39 is 26.1 Å². The van der Waals surface area contributed by atoms with E-state index in [0.29, 0.717) is 6.54 Å². The zero-order chi connectivity index (χ0) is 18.0. The molecule has 13 heteroatoms. The third-order valence-electron chi connectivity index (χ3n) is 1.53. The average molecular weight is 556 g/mol. The summed E-state index contributed by atoms with van der Waals surface area (Å²) in [7, 11) is 0.487. The van der Waals surface area contributed by atoms with Gasteiger partial charge in [0.25, 0.3) is 0 Å². The quantitative estimate of drug-likeness (QED) is 0.144. The van der Waals surface area contributed by atoms with Gasteiger partial charge in [0.15, 0.2) is 5.92 Å². The molecule has 7 N–H and O–H groups in total. The molecule has 0 aliphatic carbocycles. The average Bonchev–Trinajstić information content (AvgIpc) is 2.43. The second-order valence-electron chi connectivity index (χ2n) is 3.13. The molecule has 0 aromatic rings. The van der Waals surface area contributed by atoms with E-state index in [2.05, 4.69) is 31.0 Å². The second kappa shape index (κ2) is 33.5. The van der Waals surface area contributed by atoms with Gasteiger partial charge >= 0.3 is 41.3 Å². The smallest absolute Gasteiger partial charge is 0.693 e. The summed E-state index contributed by atoms with van der Waals surface area (Å²) in [6.07, 6.45) is 0.137. The number of nitrogens with two attached hydrogens (primary N) is 2. The van der Waals surface area contributed by atoms with E-state index in [1.165, 1.54) is 0 Å². The van der Waals surface area contributed by atoms with Crippen molar-refractivity contribution < 1.29 is 61.7 Å². The van der Waals surface area contributed by atoms with E-state index in [1.807, 2.05) is 0 Å². The zero-order valence-corrected chi connectivity index (χ0v) is 16.7. The SMILES string of the molecule is C=C.C=C.CN(C)CCC(C(=O)O)C(=O)O.O=[P+]([O-])OO.[HH].[NH2-].[NH2-].[Pt+2]. The van der Waals surface area contributed by atoms with E-state index in [4.69, 9.17) is 24.9 Å². The van der Waals surface area contributed by atoms with Crippen LogP contribution in [0.4, 0.5) is 0 Å². The Morgan fingerprint density at radius 1 is 1.17 bits per heavy atom. The van der Waals surface area contributed by atoms with Crippen LogP contribution in [0, 0.1) is 5.92 Å². The molecule has 24 heavy (non-hydrogen) atoms. The van der Waals surface area contributed by atoms with Crippen LogP contribution in [0.3, 0.4) is 0 Å². The molecule has 0 aromatic carbocycles. The van der Waals surface area contributed by atoms with Gasteiger partial charge in [0.1, 0.15) is 0 Å². The molecule has 0 rings (SSSR count). The minimum absolute atomic E-state index is 0. The summed E-state index contributed by atoms with van der Waals surface area (Å²) in [5.74, 6) is -3.83. The first-order valence-electron chi connectivity index (χ1n) is 5.28. The minimum atomic E-state index is -3.04. The fourth-order valence-electron chi connectivity index (χ4n) is 0.740. The molecule has 0 amide bonds. The number of nitrogens with zero attached hydrogens (tertiary/aromatic N) is 1. The summed E-state index contributed by atoms with van der Waals surface area (Å²) in [4.78, 5) is 31.4. The van der Waals surface area contributed by atoms with Crippen molar-refractivity contribution in [3.05, 3.63) is 38.6 Å². The van der Waals surface area contributed by atoms with Crippen LogP contribution in [-0.4, -0.2) is 52.9 Å². The van der Waals surface area contributed by atoms with Crippen molar-refractivity contribution in [3.8, 4) is 0 Å². The van der Waals surface area contributed by atoms with Gasteiger partial charge < -0.3 is 32.3 Å². The summed E-state index contributed by atoms with van der Waals surface area (Å²) in [6.45, 7) is 12.5. The van der Waals surface area contributed by atoms with Crippen LogP contribution in [0.2, 0.25) is 0 Å². The van der Waals surface area contributed by atoms with Crippen molar-refractivity contribution in [3.63, 3.8) is 0 Å². The van der Waals surface area contributed by atoms with E-state index >= 15 is 0 Å². The zero-order valence-electron chi connectivity index (χ0n) is 13.6. The molecule has 0 bridgehead atoms. The Morgan fingerprint density at radius 2 is 1.42 bits per heavy atom. The van der Waals surface area contributed by atoms with Crippen LogP contribution >= 0.6 is 8.25 Å². The summed E-state index contributed by atoms with van der Waals surface area (Å²) in [6, 6.07) is 0. The molecular formula is C11H28N3O8PPt. The van der Waals surface area contributed by atoms with Crippen LogP contribution in [0.1, 0.15) is 7.85 Å². The number of carbonyl (C=O) groups is 2. The number of hydrogen-bond acceptors (Lipinski definition) is 7. The first kappa shape index (κ1) is 43.5. The maximum atomic E-state index is 10.4. The molecule has 1 unspecified atom stereocenters. The van der Waals surface area contributed by atoms with Crippen molar-refractivity contribution in [1.29, 1.82) is 0 Å². The molecule has 0 radical (unpaired) electrons. The Balaban J connectivity index is -0.0000000321. The molecule has 0 spiro atoms. The number of carboxylic acid groups (broad SMARTS) is 2. The summed E-state index contributed by atoms with van der Waals surface area (Å²) >= 11 is 0. The Labute approximate surface area is 158 Å². The van der Waals surface area contributed by atoms with E-state index in [0.717, 1.165) is 0 Å². The molecule has 0 saturated heterocycles. The third kappa shape index (κ3) is 42.9. The van der Waals surface area contributed by atoms with Gasteiger partial charge in [0, 0.05) is 6.10 Å². The van der Waals surface area contributed by atoms with Gasteiger partial charge in [0.05, 0.1) is 0 Å². The Kier molecular flexibility index (Phi) is 60.8. The van der Waals surface area contributed by atoms with E-state index in [9.17, 15) is 9.59 Å². The summed E-state index contributed by atoms with van der Waals surface area (Å²) in [5, 5.41) is 24.0. The van der Waals surface area contributed by atoms with Crippen molar-refractivity contribution >= 4 is 20.2 Å². The Morgan fingerprint density at radius 3 is 1.54 bits per heavy atom. The molecular weight excluding hydrogens is 528 g/mol. The molecule has 0 aliphatic rings. The van der Waals surface area contributed by atoms with Crippen LogP contribution < -0.4 is 4.89 Å². The first-order valence-corrected chi connectivity index (χ1v) is 6.38. The first-order chi connectivity index (χ1) is 9.72. The minimum Gasteiger partial charge on any atom is -0.693 e. The summed E-state index contributed by atoms with van der Waals surface area (Å²) in [5.41, 5.74) is 0. The van der Waals surface area contributed by atoms with E-state index in [-0.39, 0.29) is 41.2 Å². The summed E-state index contributed by atoms with van der Waals surface area (Å²) < 4.78 is 11.6. The van der Waals surface area contributed by atoms with E-state index in [1.54, 1.807) is 19.0 Å². The standard InChI is InChI=1S/C7H13NO4.2C2H4.2H2N.HO4P.Pt.H2/c1-8(2)4-3-5(6(9)10)7(11)12;2*1-2;;;1-4-5(2)3;;/h5H,3-4H2,1-2H3,(H,9,10)(H,11,12);2*1-2H2;2*1H2;1H;;1H/q;;;2*-1;;+2;. The Bertz CT molecular complexity index is 301. The number of carboxylic acids is 2. The van der Waals surface area contributed by atoms with Crippen LogP contribution in [0.25, 0.3) is 12.3 Å². The largest absolute Gasteiger partial charge is 2.00 e. The number of aliphatic carboxylic acids is 2. The van der Waals surface area contributed by atoms with Gasteiger partial charge in [-0.3, -0.25) is 9.59 Å². The van der Waals surface area contributed by atoms with Crippen molar-refractivity contribution in [2.45, 2.75) is 6.42 Å². The molecule has 0 aliphatic heterocycles. The third-order valence-corrected chi connectivity index (χ3v) is 1.66. The van der Waals surface area contributed by atoms with Gasteiger partial charge in [-0.15, -0.1) is 26.3 Å². The predicted molar refractivity (Wildman–Crippen MR) is 88.4 cm³/mol. The second-order valence-corrected chi connectivity index (χ2v) is 3.74. The normalized spacial score (nSPS) is 8.00. The van der Waals surface area contributed by atoms with Gasteiger partial charge in [-0.1, -0.05) is 0 Å². The number of hydrogen-bond donors (Lipinski definition) is 3. The molecule has 11 nitrogen and oxygen atoms in total. The van der Waals surface area contributed by atoms with Crippen molar-refractivity contribution in [2.75, 3.05) is 20.6 Å². The van der Waals surface area contributed by atoms with Gasteiger partial charge in [-0.25, -0.2) is 5.26 Å². The molecule has 0 heterocycles. The Hall–Kier alpha value is -1.03. The fourth-order valence-corrected chi connectivity index (χ4v) is 0.740. The van der Waals surface area contributed by atoms with Crippen LogP contribution in [0.15, 0.2) is 26.3 Å². The van der Waals surface area contributed by atoms with Gasteiger partial charge in [-0.2, -0.15) is 0 Å². The molecule has 150 valence electrons. The van der Waals surface area contributed by atoms with Crippen LogP contribution in [0.5, 0.6) is 0 Å². The maximum Gasteiger partial charge on any atom is 2.00 e.